The molecule has 1 amide bonds. The Morgan fingerprint density at radius 1 is 0.667 bits per heavy atom. The molecule has 0 aliphatic rings. The Morgan fingerprint density at radius 3 is 1.78 bits per heavy atom. The quantitative estimate of drug-likeness (QED) is 0.0869. The number of hydrogen-bond donors (Lipinski definition) is 4. The molecule has 0 rings (SSSR count). The lowest BCUT2D eigenvalue weighted by molar-refractivity contribution is -0.131. The first-order chi connectivity index (χ1) is 17.6. The molecule has 0 aliphatic heterocycles. The summed E-state index contributed by atoms with van der Waals surface area (Å²) >= 11 is 0. The number of aliphatic hydroxyl groups is 3. The van der Waals surface area contributed by atoms with E-state index >= 15 is 0 Å². The predicted molar refractivity (Wildman–Crippen MR) is 153 cm³/mol. The maximum absolute atomic E-state index is 12.3. The molecule has 0 bridgehead atoms. The second-order valence-corrected chi connectivity index (χ2v) is 9.58. The summed E-state index contributed by atoms with van der Waals surface area (Å²) in [5, 5.41) is 32.6. The third-order valence-corrected chi connectivity index (χ3v) is 6.10. The van der Waals surface area contributed by atoms with E-state index < -0.39 is 24.2 Å². The van der Waals surface area contributed by atoms with E-state index in [1.54, 1.807) is 6.08 Å². The molecule has 0 saturated carbocycles. The minimum Gasteiger partial charge on any atom is -0.394 e. The van der Waals surface area contributed by atoms with Gasteiger partial charge in [0.25, 0.3) is 0 Å². The standard InChI is InChI=1S/C31H55NO4/c1-3-5-7-9-11-13-15-17-19-21-23-25-29(34)28(27-33)32-31(36)30(35)26-24-22-20-18-16-14-12-10-8-6-4-2/h7,9,12,14-15,17,23,25,28-30,33-35H,3-6,8,10-11,13,16,18-22,24,26-27H2,1-2H3,(H,32,36)/b9-7+,14-12-,17-15+,25-23+. The fourth-order valence-corrected chi connectivity index (χ4v) is 3.74. The zero-order valence-electron chi connectivity index (χ0n) is 23.1. The van der Waals surface area contributed by atoms with Gasteiger partial charge in [0.2, 0.25) is 5.91 Å². The van der Waals surface area contributed by atoms with Crippen molar-refractivity contribution in [1.29, 1.82) is 0 Å². The number of nitrogens with one attached hydrogen (secondary N) is 1. The zero-order chi connectivity index (χ0) is 26.7. The van der Waals surface area contributed by atoms with Crippen molar-refractivity contribution in [2.75, 3.05) is 6.61 Å². The summed E-state index contributed by atoms with van der Waals surface area (Å²) in [5.41, 5.74) is 0. The lowest BCUT2D eigenvalue weighted by Crippen LogP contribution is -2.48. The molecule has 0 fully saturated rings. The molecule has 0 aliphatic carbocycles. The highest BCUT2D eigenvalue weighted by atomic mass is 16.3. The molecule has 3 unspecified atom stereocenters. The van der Waals surface area contributed by atoms with Crippen LogP contribution in [0.2, 0.25) is 0 Å². The molecular weight excluding hydrogens is 450 g/mol. The molecule has 0 aromatic rings. The lowest BCUT2D eigenvalue weighted by atomic mass is 10.1. The second kappa shape index (κ2) is 26.4. The van der Waals surface area contributed by atoms with Crippen LogP contribution in [0.15, 0.2) is 48.6 Å². The van der Waals surface area contributed by atoms with Gasteiger partial charge in [0.15, 0.2) is 0 Å². The third-order valence-electron chi connectivity index (χ3n) is 6.10. The summed E-state index contributed by atoms with van der Waals surface area (Å²) < 4.78 is 0. The maximum Gasteiger partial charge on any atom is 0.249 e. The highest BCUT2D eigenvalue weighted by Gasteiger charge is 2.22. The van der Waals surface area contributed by atoms with Crippen LogP contribution in [0.5, 0.6) is 0 Å². The molecule has 0 saturated heterocycles. The van der Waals surface area contributed by atoms with Gasteiger partial charge in [0.1, 0.15) is 6.10 Å². The summed E-state index contributed by atoms with van der Waals surface area (Å²) in [7, 11) is 0. The van der Waals surface area contributed by atoms with E-state index in [1.807, 2.05) is 6.08 Å². The summed E-state index contributed by atoms with van der Waals surface area (Å²) in [6, 6.07) is -0.821. The van der Waals surface area contributed by atoms with Crippen molar-refractivity contribution in [3.8, 4) is 0 Å². The Morgan fingerprint density at radius 2 is 1.19 bits per heavy atom. The van der Waals surface area contributed by atoms with E-state index in [0.29, 0.717) is 6.42 Å². The monoisotopic (exact) mass is 505 g/mol. The Labute approximate surface area is 221 Å². The van der Waals surface area contributed by atoms with Gasteiger partial charge < -0.3 is 20.6 Å². The van der Waals surface area contributed by atoms with Gasteiger partial charge in [-0.15, -0.1) is 0 Å². The van der Waals surface area contributed by atoms with Gasteiger partial charge >= 0.3 is 0 Å². The third kappa shape index (κ3) is 21.6. The van der Waals surface area contributed by atoms with Crippen molar-refractivity contribution in [2.45, 2.75) is 135 Å². The van der Waals surface area contributed by atoms with Crippen molar-refractivity contribution in [3.63, 3.8) is 0 Å². The topological polar surface area (TPSA) is 89.8 Å². The summed E-state index contributed by atoms with van der Waals surface area (Å²) in [6.45, 7) is 4.00. The van der Waals surface area contributed by atoms with Crippen molar-refractivity contribution >= 4 is 5.91 Å². The molecule has 208 valence electrons. The number of aliphatic hydroxyl groups excluding tert-OH is 3. The van der Waals surface area contributed by atoms with Gasteiger partial charge in [-0.05, 0) is 64.2 Å². The van der Waals surface area contributed by atoms with Crippen LogP contribution in [-0.4, -0.2) is 46.1 Å². The molecule has 0 spiro atoms. The van der Waals surface area contributed by atoms with E-state index in [0.717, 1.165) is 64.2 Å². The van der Waals surface area contributed by atoms with Gasteiger partial charge in [-0.3, -0.25) is 4.79 Å². The second-order valence-electron chi connectivity index (χ2n) is 9.58. The molecule has 4 N–H and O–H groups in total. The number of allylic oxidation sites excluding steroid dienone is 7. The van der Waals surface area contributed by atoms with Gasteiger partial charge in [-0.2, -0.15) is 0 Å². The van der Waals surface area contributed by atoms with E-state index in [-0.39, 0.29) is 6.61 Å². The Hall–Kier alpha value is -1.69. The van der Waals surface area contributed by atoms with Gasteiger partial charge in [0, 0.05) is 0 Å². The van der Waals surface area contributed by atoms with Gasteiger partial charge in [-0.1, -0.05) is 101 Å². The molecule has 5 heteroatoms. The largest absolute Gasteiger partial charge is 0.394 e. The van der Waals surface area contributed by atoms with Gasteiger partial charge in [-0.25, -0.2) is 0 Å². The average Bonchev–Trinajstić information content (AvgIpc) is 2.88. The number of amides is 1. The highest BCUT2D eigenvalue weighted by molar-refractivity contribution is 5.80. The molecule has 36 heavy (non-hydrogen) atoms. The van der Waals surface area contributed by atoms with Crippen molar-refractivity contribution in [2.24, 2.45) is 0 Å². The molecule has 3 atom stereocenters. The number of unbranched alkanes of at least 4 members (excludes halogenated alkanes) is 10. The first-order valence-electron chi connectivity index (χ1n) is 14.5. The van der Waals surface area contributed by atoms with Crippen LogP contribution in [0.1, 0.15) is 117 Å². The Balaban J connectivity index is 3.98. The first kappa shape index (κ1) is 34.3. The normalized spacial score (nSPS) is 14.9. The van der Waals surface area contributed by atoms with E-state index in [2.05, 4.69) is 55.6 Å². The smallest absolute Gasteiger partial charge is 0.249 e. The van der Waals surface area contributed by atoms with Crippen LogP contribution in [0.3, 0.4) is 0 Å². The molecular formula is C31H55NO4. The SMILES string of the molecule is CCC/C=C/CC/C=C/CC/C=C/C(O)C(CO)NC(=O)C(O)CCCCCC/C=C\CCCCC. The minimum absolute atomic E-state index is 0.388. The zero-order valence-corrected chi connectivity index (χ0v) is 23.1. The average molecular weight is 506 g/mol. The number of carbonyl (C=O) groups excluding carboxylic acids is 1. The van der Waals surface area contributed by atoms with E-state index in [4.69, 9.17) is 0 Å². The van der Waals surface area contributed by atoms with Crippen LogP contribution in [0, 0.1) is 0 Å². The van der Waals surface area contributed by atoms with Crippen molar-refractivity contribution in [1.82, 2.24) is 5.32 Å². The van der Waals surface area contributed by atoms with Gasteiger partial charge in [0.05, 0.1) is 18.8 Å². The van der Waals surface area contributed by atoms with Crippen LogP contribution < -0.4 is 5.32 Å². The molecule has 0 heterocycles. The number of rotatable bonds is 24. The van der Waals surface area contributed by atoms with Crippen molar-refractivity contribution < 1.29 is 20.1 Å². The molecule has 0 radical (unpaired) electrons. The molecule has 0 aromatic heterocycles. The van der Waals surface area contributed by atoms with Crippen LogP contribution >= 0.6 is 0 Å². The molecule has 5 nitrogen and oxygen atoms in total. The Kier molecular flexibility index (Phi) is 25.1. The highest BCUT2D eigenvalue weighted by Crippen LogP contribution is 2.10. The molecule has 0 aromatic carbocycles. The number of carbonyl (C=O) groups is 1. The summed E-state index contributed by atoms with van der Waals surface area (Å²) in [4.78, 5) is 12.3. The van der Waals surface area contributed by atoms with Crippen LogP contribution in [-0.2, 0) is 4.79 Å². The lowest BCUT2D eigenvalue weighted by Gasteiger charge is -2.21. The first-order valence-corrected chi connectivity index (χ1v) is 14.5. The fourth-order valence-electron chi connectivity index (χ4n) is 3.74. The Bertz CT molecular complexity index is 612. The number of hydrogen-bond acceptors (Lipinski definition) is 4. The minimum atomic E-state index is -1.12. The predicted octanol–water partition coefficient (Wildman–Crippen LogP) is 6.69. The van der Waals surface area contributed by atoms with Crippen molar-refractivity contribution in [3.05, 3.63) is 48.6 Å². The fraction of sp³-hybridized carbons (Fsp3) is 0.710. The maximum atomic E-state index is 12.3. The summed E-state index contributed by atoms with van der Waals surface area (Å²) in [6.07, 6.45) is 31.2. The van der Waals surface area contributed by atoms with Crippen LogP contribution in [0.4, 0.5) is 0 Å². The summed E-state index contributed by atoms with van der Waals surface area (Å²) in [5.74, 6) is -0.535. The van der Waals surface area contributed by atoms with Crippen LogP contribution in [0.25, 0.3) is 0 Å². The van der Waals surface area contributed by atoms with E-state index in [1.165, 1.54) is 32.1 Å². The van der Waals surface area contributed by atoms with E-state index in [9.17, 15) is 20.1 Å².